The second-order valence-electron chi connectivity index (χ2n) is 4.68. The lowest BCUT2D eigenvalue weighted by Crippen LogP contribution is -2.47. The van der Waals surface area contributed by atoms with Crippen LogP contribution in [0.3, 0.4) is 0 Å². The van der Waals surface area contributed by atoms with Gasteiger partial charge >= 0.3 is 5.69 Å². The highest BCUT2D eigenvalue weighted by Crippen LogP contribution is 2.23. The number of aromatic amines is 1. The molecule has 0 aromatic carbocycles. The van der Waals surface area contributed by atoms with E-state index in [1.165, 1.54) is 6.92 Å². The van der Waals surface area contributed by atoms with E-state index in [0.717, 1.165) is 12.8 Å². The molecule has 1 atom stereocenters. The molecule has 1 aromatic rings. The lowest BCUT2D eigenvalue weighted by Gasteiger charge is -2.31. The number of nitrogens with one attached hydrogen (secondary N) is 2. The maximum absolute atomic E-state index is 12.3. The number of nitro groups is 1. The molecule has 0 spiro atoms. The fourth-order valence-electron chi connectivity index (χ4n) is 2.34. The van der Waals surface area contributed by atoms with Crippen LogP contribution in [0.4, 0.5) is 5.69 Å². The van der Waals surface area contributed by atoms with Gasteiger partial charge in [-0.15, -0.1) is 0 Å². The maximum atomic E-state index is 12.3. The minimum atomic E-state index is -0.564. The molecular formula is C11H17N5O3. The molecule has 1 saturated heterocycles. The predicted molar refractivity (Wildman–Crippen MR) is 68.0 cm³/mol. The zero-order chi connectivity index (χ0) is 14.0. The second kappa shape index (κ2) is 5.35. The highest BCUT2D eigenvalue weighted by molar-refractivity contribution is 5.96. The molecule has 0 radical (unpaired) electrons. The molecule has 2 N–H and O–H groups in total. The Bertz CT molecular complexity index is 499. The molecule has 0 saturated carbocycles. The summed E-state index contributed by atoms with van der Waals surface area (Å²) in [6.07, 6.45) is 1.89. The summed E-state index contributed by atoms with van der Waals surface area (Å²) in [5.74, 6) is -0.379. The van der Waals surface area contributed by atoms with Gasteiger partial charge in [-0.2, -0.15) is 5.10 Å². The van der Waals surface area contributed by atoms with E-state index >= 15 is 0 Å². The topological polar surface area (TPSA) is 104 Å². The summed E-state index contributed by atoms with van der Waals surface area (Å²) < 4.78 is 0. The number of hydrogen-bond acceptors (Lipinski definition) is 5. The predicted octanol–water partition coefficient (Wildman–Crippen LogP) is 0.450. The van der Waals surface area contributed by atoms with E-state index in [-0.39, 0.29) is 23.3 Å². The number of rotatable bonds is 3. The third-order valence-electron chi connectivity index (χ3n) is 3.42. The van der Waals surface area contributed by atoms with Crippen molar-refractivity contribution in [3.05, 3.63) is 21.5 Å². The van der Waals surface area contributed by atoms with Gasteiger partial charge in [0.15, 0.2) is 0 Å². The fourth-order valence-corrected chi connectivity index (χ4v) is 2.34. The fraction of sp³-hybridized carbons (Fsp3) is 0.636. The molecule has 19 heavy (non-hydrogen) atoms. The second-order valence-corrected chi connectivity index (χ2v) is 4.68. The molecule has 1 aliphatic rings. The first-order valence-electron chi connectivity index (χ1n) is 6.20. The van der Waals surface area contributed by atoms with E-state index in [1.807, 2.05) is 7.05 Å². The van der Waals surface area contributed by atoms with Gasteiger partial charge in [-0.1, -0.05) is 0 Å². The molecule has 0 aliphatic carbocycles. The first-order valence-corrected chi connectivity index (χ1v) is 6.20. The Morgan fingerprint density at radius 2 is 2.37 bits per heavy atom. The highest BCUT2D eigenvalue weighted by atomic mass is 16.6. The number of hydrogen-bond donors (Lipinski definition) is 2. The Kier molecular flexibility index (Phi) is 3.79. The first kappa shape index (κ1) is 13.5. The standard InChI is InChI=1S/C11H17N5O3/c1-7-10(16(18)19)9(14-13-7)11(17)15-5-3-4-8(6-15)12-2/h8,12H,3-6H2,1-2H3,(H,13,14). The van der Waals surface area contributed by atoms with E-state index in [1.54, 1.807) is 4.90 Å². The number of likely N-dealkylation sites (N-methyl/N-ethyl adjacent to an activating group) is 1. The SMILES string of the molecule is CNC1CCCN(C(=O)c2n[nH]c(C)c2[N+](=O)[O-])C1. The average molecular weight is 267 g/mol. The summed E-state index contributed by atoms with van der Waals surface area (Å²) in [6.45, 7) is 2.70. The van der Waals surface area contributed by atoms with E-state index in [0.29, 0.717) is 18.8 Å². The third kappa shape index (κ3) is 2.58. The normalized spacial score (nSPS) is 19.5. The van der Waals surface area contributed by atoms with E-state index in [9.17, 15) is 14.9 Å². The molecule has 8 nitrogen and oxygen atoms in total. The number of likely N-dealkylation sites (tertiary alicyclic amines) is 1. The van der Waals surface area contributed by atoms with Gasteiger partial charge in [0.25, 0.3) is 5.91 Å². The molecular weight excluding hydrogens is 250 g/mol. The van der Waals surface area contributed by atoms with Gasteiger partial charge < -0.3 is 10.2 Å². The number of piperidine rings is 1. The van der Waals surface area contributed by atoms with Crippen molar-refractivity contribution in [1.29, 1.82) is 0 Å². The van der Waals surface area contributed by atoms with E-state index < -0.39 is 4.92 Å². The molecule has 1 fully saturated rings. The first-order chi connectivity index (χ1) is 9.04. The van der Waals surface area contributed by atoms with E-state index in [2.05, 4.69) is 15.5 Å². The van der Waals surface area contributed by atoms with Gasteiger partial charge in [-0.25, -0.2) is 0 Å². The Morgan fingerprint density at radius 1 is 1.63 bits per heavy atom. The molecule has 8 heteroatoms. The van der Waals surface area contributed by atoms with Gasteiger partial charge in [0, 0.05) is 19.1 Å². The zero-order valence-electron chi connectivity index (χ0n) is 11.0. The highest BCUT2D eigenvalue weighted by Gasteiger charge is 2.32. The van der Waals surface area contributed by atoms with E-state index in [4.69, 9.17) is 0 Å². The monoisotopic (exact) mass is 267 g/mol. The minimum absolute atomic E-state index is 0.0979. The van der Waals surface area contributed by atoms with Gasteiger partial charge in [0.2, 0.25) is 5.69 Å². The number of nitrogens with zero attached hydrogens (tertiary/aromatic N) is 3. The van der Waals surface area contributed by atoms with Crippen LogP contribution in [0.5, 0.6) is 0 Å². The van der Waals surface area contributed by atoms with Crippen molar-refractivity contribution in [2.75, 3.05) is 20.1 Å². The number of amides is 1. The smallest absolute Gasteiger partial charge is 0.322 e. The van der Waals surface area contributed by atoms with Crippen molar-refractivity contribution in [2.45, 2.75) is 25.8 Å². The van der Waals surface area contributed by atoms with Crippen LogP contribution in [0.25, 0.3) is 0 Å². The van der Waals surface area contributed by atoms with Crippen LogP contribution >= 0.6 is 0 Å². The van der Waals surface area contributed by atoms with Crippen molar-refractivity contribution >= 4 is 11.6 Å². The Balaban J connectivity index is 2.22. The number of H-pyrrole nitrogens is 1. The summed E-state index contributed by atoms with van der Waals surface area (Å²) in [4.78, 5) is 24.3. The van der Waals surface area contributed by atoms with Gasteiger partial charge in [-0.05, 0) is 26.8 Å². The van der Waals surface area contributed by atoms with Crippen molar-refractivity contribution in [2.24, 2.45) is 0 Å². The molecule has 1 aliphatic heterocycles. The summed E-state index contributed by atoms with van der Waals surface area (Å²) in [7, 11) is 1.85. The molecule has 0 bridgehead atoms. The molecule has 1 aromatic heterocycles. The largest absolute Gasteiger partial charge is 0.335 e. The summed E-state index contributed by atoms with van der Waals surface area (Å²) >= 11 is 0. The van der Waals surface area contributed by atoms with Crippen LogP contribution in [-0.2, 0) is 0 Å². The van der Waals surface area contributed by atoms with Crippen molar-refractivity contribution in [3.8, 4) is 0 Å². The zero-order valence-corrected chi connectivity index (χ0v) is 11.0. The van der Waals surface area contributed by atoms with Gasteiger partial charge in [-0.3, -0.25) is 20.0 Å². The van der Waals surface area contributed by atoms with Crippen LogP contribution < -0.4 is 5.32 Å². The van der Waals surface area contributed by atoms with Crippen LogP contribution in [0, 0.1) is 17.0 Å². The van der Waals surface area contributed by atoms with Gasteiger partial charge in [0.05, 0.1) is 4.92 Å². The molecule has 2 rings (SSSR count). The summed E-state index contributed by atoms with van der Waals surface area (Å²) in [6, 6.07) is 0.233. The van der Waals surface area contributed by atoms with Crippen LogP contribution in [0.1, 0.15) is 29.0 Å². The maximum Gasteiger partial charge on any atom is 0.322 e. The van der Waals surface area contributed by atoms with Crippen LogP contribution in [-0.4, -0.2) is 52.1 Å². The molecule has 1 unspecified atom stereocenters. The average Bonchev–Trinajstić information content (AvgIpc) is 2.80. The van der Waals surface area contributed by atoms with Crippen LogP contribution in [0.2, 0.25) is 0 Å². The molecule has 2 heterocycles. The van der Waals surface area contributed by atoms with Gasteiger partial charge in [0.1, 0.15) is 5.69 Å². The lowest BCUT2D eigenvalue weighted by atomic mass is 10.1. The van der Waals surface area contributed by atoms with Crippen molar-refractivity contribution in [3.63, 3.8) is 0 Å². The van der Waals surface area contributed by atoms with Crippen LogP contribution in [0.15, 0.2) is 0 Å². The summed E-state index contributed by atoms with van der Waals surface area (Å²) in [5, 5.41) is 20.4. The minimum Gasteiger partial charge on any atom is -0.335 e. The van der Waals surface area contributed by atoms with Crippen molar-refractivity contribution < 1.29 is 9.72 Å². The number of carbonyl (C=O) groups excluding carboxylic acids is 1. The summed E-state index contributed by atoms with van der Waals surface area (Å²) in [5.41, 5.74) is -0.0219. The quantitative estimate of drug-likeness (QED) is 0.611. The lowest BCUT2D eigenvalue weighted by molar-refractivity contribution is -0.385. The number of aromatic nitrogens is 2. The number of carbonyl (C=O) groups is 1. The third-order valence-corrected chi connectivity index (χ3v) is 3.42. The Labute approximate surface area is 110 Å². The Hall–Kier alpha value is -1.96. The molecule has 1 amide bonds. The Morgan fingerprint density at radius 3 is 3.00 bits per heavy atom. The number of aryl methyl sites for hydroxylation is 1. The molecule has 104 valence electrons. The van der Waals surface area contributed by atoms with Crippen molar-refractivity contribution in [1.82, 2.24) is 20.4 Å².